The monoisotopic (exact) mass is 380 g/mol. The molecule has 1 N–H and O–H groups in total. The van der Waals surface area contributed by atoms with Gasteiger partial charge in [0.05, 0.1) is 0 Å². The van der Waals surface area contributed by atoms with Crippen LogP contribution < -0.4 is 5.32 Å². The first-order chi connectivity index (χ1) is 10.2. The molecule has 23 heavy (non-hydrogen) atoms. The fourth-order valence-corrected chi connectivity index (χ4v) is 5.68. The van der Waals surface area contributed by atoms with Crippen LogP contribution in [0.3, 0.4) is 0 Å². The van der Waals surface area contributed by atoms with Crippen LogP contribution >= 0.6 is 23.7 Å². The molecule has 1 saturated heterocycles. The Morgan fingerprint density at radius 2 is 1.87 bits per heavy atom. The molecule has 1 aliphatic heterocycles. The van der Waals surface area contributed by atoms with Gasteiger partial charge in [-0.25, -0.2) is 8.42 Å². The highest BCUT2D eigenvalue weighted by molar-refractivity contribution is 7.91. The summed E-state index contributed by atoms with van der Waals surface area (Å²) in [6.07, 6.45) is 1.90. The third-order valence-electron chi connectivity index (χ3n) is 4.17. The van der Waals surface area contributed by atoms with Crippen LogP contribution in [0.4, 0.5) is 0 Å². The highest BCUT2D eigenvalue weighted by Gasteiger charge is 2.31. The molecule has 1 aromatic heterocycles. The molecule has 2 heterocycles. The highest BCUT2D eigenvalue weighted by atomic mass is 35.5. The smallest absolute Gasteiger partial charge is 0.252 e. The van der Waals surface area contributed by atoms with E-state index in [0.29, 0.717) is 23.2 Å². The summed E-state index contributed by atoms with van der Waals surface area (Å²) >= 11 is 1.41. The number of rotatable bonds is 5. The lowest BCUT2D eigenvalue weighted by molar-refractivity contribution is 0.269. The van der Waals surface area contributed by atoms with Gasteiger partial charge in [-0.05, 0) is 49.4 Å². The van der Waals surface area contributed by atoms with Crippen molar-refractivity contribution in [3.63, 3.8) is 0 Å². The largest absolute Gasteiger partial charge is 0.317 e. The maximum atomic E-state index is 12.8. The Bertz CT molecular complexity index is 585. The van der Waals surface area contributed by atoms with Crippen molar-refractivity contribution in [3.05, 3.63) is 17.0 Å². The molecule has 0 aliphatic carbocycles. The predicted molar refractivity (Wildman–Crippen MR) is 100 cm³/mol. The number of sulfonamides is 1. The van der Waals surface area contributed by atoms with Crippen LogP contribution in [0.25, 0.3) is 0 Å². The SMILES string of the molecule is CCNCC1CCN(S(=O)(=O)c2ccc(C(C)(C)C)s2)CC1.Cl. The molecule has 2 rings (SSSR count). The quantitative estimate of drug-likeness (QED) is 0.850. The molecule has 1 aromatic rings. The molecule has 0 aromatic carbocycles. The van der Waals surface area contributed by atoms with Gasteiger partial charge in [0.2, 0.25) is 0 Å². The van der Waals surface area contributed by atoms with E-state index >= 15 is 0 Å². The molecule has 0 amide bonds. The molecular weight excluding hydrogens is 352 g/mol. The predicted octanol–water partition coefficient (Wildman–Crippen LogP) is 3.48. The van der Waals surface area contributed by atoms with Gasteiger partial charge in [-0.3, -0.25) is 0 Å². The van der Waals surface area contributed by atoms with Gasteiger partial charge in [0.15, 0.2) is 0 Å². The molecule has 7 heteroatoms. The Morgan fingerprint density at radius 1 is 1.26 bits per heavy atom. The average Bonchev–Trinajstić information content (AvgIpc) is 2.96. The topological polar surface area (TPSA) is 49.4 Å². The van der Waals surface area contributed by atoms with Crippen LogP contribution in [0.15, 0.2) is 16.3 Å². The molecule has 4 nitrogen and oxygen atoms in total. The zero-order chi connectivity index (χ0) is 16.4. The standard InChI is InChI=1S/C16H28N2O2S2.ClH/c1-5-17-12-13-8-10-18(11-9-13)22(19,20)15-7-6-14(21-15)16(2,3)4;/h6-7,13,17H,5,8-12H2,1-4H3;1H. The van der Waals surface area contributed by atoms with Gasteiger partial charge in [-0.15, -0.1) is 23.7 Å². The summed E-state index contributed by atoms with van der Waals surface area (Å²) in [6.45, 7) is 11.7. The molecule has 0 atom stereocenters. The van der Waals surface area contributed by atoms with E-state index in [1.54, 1.807) is 10.4 Å². The molecule has 0 radical (unpaired) electrons. The fourth-order valence-electron chi connectivity index (χ4n) is 2.69. The Balaban J connectivity index is 0.00000264. The first-order valence-electron chi connectivity index (χ1n) is 8.06. The molecule has 1 aliphatic rings. The first-order valence-corrected chi connectivity index (χ1v) is 10.3. The number of nitrogens with one attached hydrogen (secondary N) is 1. The third kappa shape index (κ3) is 5.16. The Hall–Kier alpha value is -0.140. The van der Waals surface area contributed by atoms with E-state index in [1.165, 1.54) is 11.3 Å². The summed E-state index contributed by atoms with van der Waals surface area (Å²) in [6, 6.07) is 3.72. The number of halogens is 1. The fraction of sp³-hybridized carbons (Fsp3) is 0.750. The zero-order valence-electron chi connectivity index (χ0n) is 14.5. The van der Waals surface area contributed by atoms with Crippen molar-refractivity contribution in [1.82, 2.24) is 9.62 Å². The first kappa shape index (κ1) is 20.9. The number of hydrogen-bond donors (Lipinski definition) is 1. The molecule has 1 fully saturated rings. The van der Waals surface area contributed by atoms with Crippen LogP contribution in [0, 0.1) is 5.92 Å². The lowest BCUT2D eigenvalue weighted by Crippen LogP contribution is -2.40. The van der Waals surface area contributed by atoms with Crippen LogP contribution in [-0.4, -0.2) is 38.9 Å². The second-order valence-corrected chi connectivity index (χ2v) is 10.3. The summed E-state index contributed by atoms with van der Waals surface area (Å²) in [5.41, 5.74) is -0.00273. The minimum Gasteiger partial charge on any atom is -0.317 e. The molecule has 0 bridgehead atoms. The number of thiophene rings is 1. The summed E-state index contributed by atoms with van der Waals surface area (Å²) in [7, 11) is -3.31. The van der Waals surface area contributed by atoms with E-state index in [9.17, 15) is 8.42 Å². The van der Waals surface area contributed by atoms with Crippen LogP contribution in [0.1, 0.15) is 45.4 Å². The lowest BCUT2D eigenvalue weighted by atomic mass is 9.95. The van der Waals surface area contributed by atoms with Crippen molar-refractivity contribution in [1.29, 1.82) is 0 Å². The van der Waals surface area contributed by atoms with Crippen LogP contribution in [0.5, 0.6) is 0 Å². The van der Waals surface area contributed by atoms with Gasteiger partial charge in [0, 0.05) is 18.0 Å². The van der Waals surface area contributed by atoms with Gasteiger partial charge in [0.1, 0.15) is 4.21 Å². The number of hydrogen-bond acceptors (Lipinski definition) is 4. The zero-order valence-corrected chi connectivity index (χ0v) is 16.9. The van der Waals surface area contributed by atoms with Gasteiger partial charge >= 0.3 is 0 Å². The third-order valence-corrected chi connectivity index (χ3v) is 8.05. The van der Waals surface area contributed by atoms with Crippen LogP contribution in [-0.2, 0) is 15.4 Å². The van der Waals surface area contributed by atoms with Gasteiger partial charge in [-0.2, -0.15) is 4.31 Å². The van der Waals surface area contributed by atoms with E-state index in [1.807, 2.05) is 6.07 Å². The van der Waals surface area contributed by atoms with Crippen molar-refractivity contribution in [2.45, 2.75) is 50.2 Å². The Labute approximate surface area is 151 Å². The molecule has 134 valence electrons. The summed E-state index contributed by atoms with van der Waals surface area (Å²) < 4.78 is 27.7. The van der Waals surface area contributed by atoms with E-state index < -0.39 is 10.0 Å². The highest BCUT2D eigenvalue weighted by Crippen LogP contribution is 2.34. The van der Waals surface area contributed by atoms with E-state index in [2.05, 4.69) is 33.0 Å². The normalized spacial score (nSPS) is 17.9. The van der Waals surface area contributed by atoms with Crippen molar-refractivity contribution in [3.8, 4) is 0 Å². The number of nitrogens with zero attached hydrogens (tertiary/aromatic N) is 1. The van der Waals surface area contributed by atoms with E-state index in [0.717, 1.165) is 30.8 Å². The second-order valence-electron chi connectivity index (χ2n) is 7.02. The second kappa shape index (κ2) is 8.30. The van der Waals surface area contributed by atoms with E-state index in [-0.39, 0.29) is 17.8 Å². The Kier molecular flexibility index (Phi) is 7.54. The minimum atomic E-state index is -3.31. The summed E-state index contributed by atoms with van der Waals surface area (Å²) in [5, 5.41) is 3.36. The molecule has 0 unspecified atom stereocenters. The molecule has 0 spiro atoms. The van der Waals surface area contributed by atoms with Gasteiger partial charge in [0.25, 0.3) is 10.0 Å². The maximum Gasteiger partial charge on any atom is 0.252 e. The van der Waals surface area contributed by atoms with Gasteiger partial charge in [-0.1, -0.05) is 27.7 Å². The van der Waals surface area contributed by atoms with Crippen LogP contribution in [0.2, 0.25) is 0 Å². The van der Waals surface area contributed by atoms with Crippen molar-refractivity contribution in [2.75, 3.05) is 26.2 Å². The van der Waals surface area contributed by atoms with Crippen molar-refractivity contribution < 1.29 is 8.42 Å². The maximum absolute atomic E-state index is 12.8. The lowest BCUT2D eigenvalue weighted by Gasteiger charge is -2.30. The Morgan fingerprint density at radius 3 is 2.35 bits per heavy atom. The average molecular weight is 381 g/mol. The van der Waals surface area contributed by atoms with Gasteiger partial charge < -0.3 is 5.32 Å². The minimum absolute atomic E-state index is 0. The van der Waals surface area contributed by atoms with E-state index in [4.69, 9.17) is 0 Å². The molecule has 0 saturated carbocycles. The van der Waals surface area contributed by atoms with Crippen molar-refractivity contribution in [2.24, 2.45) is 5.92 Å². The summed E-state index contributed by atoms with van der Waals surface area (Å²) in [5.74, 6) is 0.597. The molecular formula is C16H29ClN2O2S2. The summed E-state index contributed by atoms with van der Waals surface area (Å²) in [4.78, 5) is 1.12. The van der Waals surface area contributed by atoms with Crippen molar-refractivity contribution >= 4 is 33.8 Å². The number of piperidine rings is 1.